The van der Waals surface area contributed by atoms with E-state index in [1.54, 1.807) is 0 Å². The maximum atomic E-state index is 13.1. The zero-order valence-electron chi connectivity index (χ0n) is 10.3. The van der Waals surface area contributed by atoms with Gasteiger partial charge in [0.2, 0.25) is 0 Å². The molecule has 1 rings (SSSR count). The van der Waals surface area contributed by atoms with Gasteiger partial charge in [-0.25, -0.2) is 12.8 Å². The van der Waals surface area contributed by atoms with Crippen LogP contribution in [-0.2, 0) is 9.84 Å². The number of rotatable bonds is 3. The van der Waals surface area contributed by atoms with Gasteiger partial charge in [-0.1, -0.05) is 20.8 Å². The van der Waals surface area contributed by atoms with Gasteiger partial charge in [0.25, 0.3) is 0 Å². The first-order valence-electron chi connectivity index (χ1n) is 5.39. The van der Waals surface area contributed by atoms with E-state index >= 15 is 0 Å². The molecule has 1 aromatic rings. The maximum absolute atomic E-state index is 13.1. The molecule has 17 heavy (non-hydrogen) atoms. The first-order valence-corrected chi connectivity index (χ1v) is 7.04. The molecular weight excluding hydrogens is 241 g/mol. The lowest BCUT2D eigenvalue weighted by atomic mass is 9.94. The van der Waals surface area contributed by atoms with Crippen molar-refractivity contribution in [3.8, 4) is 0 Å². The monoisotopic (exact) mass is 259 g/mol. The molecule has 0 aliphatic heterocycles. The molecule has 2 N–H and O–H groups in total. The zero-order valence-corrected chi connectivity index (χ0v) is 11.1. The number of anilines is 1. The van der Waals surface area contributed by atoms with Crippen LogP contribution in [0.2, 0.25) is 0 Å². The van der Waals surface area contributed by atoms with E-state index < -0.39 is 15.7 Å². The average Bonchev–Trinajstić information content (AvgIpc) is 2.12. The molecule has 0 aromatic heterocycles. The number of benzene rings is 1. The molecule has 3 nitrogen and oxygen atoms in total. The van der Waals surface area contributed by atoms with E-state index in [9.17, 15) is 12.8 Å². The molecule has 0 saturated heterocycles. The van der Waals surface area contributed by atoms with Crippen LogP contribution in [0.15, 0.2) is 23.1 Å². The number of hydrogen-bond acceptors (Lipinski definition) is 3. The largest absolute Gasteiger partial charge is 0.399 e. The van der Waals surface area contributed by atoms with Gasteiger partial charge in [0.1, 0.15) is 5.82 Å². The standard InChI is InChI=1S/C12H18FNO2S/c1-12(2,3)4-5-17(15,16)11-7-9(13)6-10(14)8-11/h6-8H,4-5,14H2,1-3H3. The summed E-state index contributed by atoms with van der Waals surface area (Å²) in [6.45, 7) is 5.88. The highest BCUT2D eigenvalue weighted by molar-refractivity contribution is 7.91. The van der Waals surface area contributed by atoms with Crippen molar-refractivity contribution in [3.63, 3.8) is 0 Å². The Bertz CT molecular complexity index is 483. The van der Waals surface area contributed by atoms with Crippen LogP contribution in [0.3, 0.4) is 0 Å². The Hall–Kier alpha value is -1.10. The highest BCUT2D eigenvalue weighted by Crippen LogP contribution is 2.23. The smallest absolute Gasteiger partial charge is 0.178 e. The van der Waals surface area contributed by atoms with Crippen molar-refractivity contribution < 1.29 is 12.8 Å². The second-order valence-electron chi connectivity index (χ2n) is 5.35. The van der Waals surface area contributed by atoms with E-state index in [4.69, 9.17) is 5.73 Å². The lowest BCUT2D eigenvalue weighted by Gasteiger charge is -2.17. The molecule has 0 unspecified atom stereocenters. The molecule has 0 aliphatic rings. The predicted octanol–water partition coefficient (Wildman–Crippen LogP) is 2.62. The summed E-state index contributed by atoms with van der Waals surface area (Å²) < 4.78 is 37.0. The van der Waals surface area contributed by atoms with E-state index in [0.717, 1.165) is 12.1 Å². The third-order valence-electron chi connectivity index (χ3n) is 2.37. The maximum Gasteiger partial charge on any atom is 0.178 e. The van der Waals surface area contributed by atoms with Crippen molar-refractivity contribution in [2.75, 3.05) is 11.5 Å². The van der Waals surface area contributed by atoms with E-state index in [1.807, 2.05) is 20.8 Å². The lowest BCUT2D eigenvalue weighted by Crippen LogP contribution is -2.15. The van der Waals surface area contributed by atoms with Gasteiger partial charge in [-0.15, -0.1) is 0 Å². The minimum absolute atomic E-state index is 0.000602. The topological polar surface area (TPSA) is 60.2 Å². The fourth-order valence-corrected chi connectivity index (χ4v) is 3.05. The molecule has 0 atom stereocenters. The van der Waals surface area contributed by atoms with Gasteiger partial charge in [-0.3, -0.25) is 0 Å². The Kier molecular flexibility index (Phi) is 3.81. The molecule has 0 saturated carbocycles. The normalized spacial score (nSPS) is 12.7. The summed E-state index contributed by atoms with van der Waals surface area (Å²) in [4.78, 5) is -0.0424. The van der Waals surface area contributed by atoms with E-state index in [-0.39, 0.29) is 21.8 Å². The molecule has 0 spiro atoms. The summed E-state index contributed by atoms with van der Waals surface area (Å²) >= 11 is 0. The Morgan fingerprint density at radius 2 is 1.82 bits per heavy atom. The minimum Gasteiger partial charge on any atom is -0.399 e. The molecule has 0 amide bonds. The third-order valence-corrected chi connectivity index (χ3v) is 4.07. The van der Waals surface area contributed by atoms with Crippen LogP contribution in [0, 0.1) is 11.2 Å². The Balaban J connectivity index is 2.98. The van der Waals surface area contributed by atoms with Crippen molar-refractivity contribution in [3.05, 3.63) is 24.0 Å². The minimum atomic E-state index is -3.46. The zero-order chi connectivity index (χ0) is 13.3. The highest BCUT2D eigenvalue weighted by Gasteiger charge is 2.20. The quantitative estimate of drug-likeness (QED) is 0.849. The van der Waals surface area contributed by atoms with Gasteiger partial charge in [-0.05, 0) is 30.0 Å². The number of nitrogens with two attached hydrogens (primary N) is 1. The van der Waals surface area contributed by atoms with Crippen LogP contribution in [0.25, 0.3) is 0 Å². The van der Waals surface area contributed by atoms with Gasteiger partial charge >= 0.3 is 0 Å². The molecule has 0 aliphatic carbocycles. The van der Waals surface area contributed by atoms with Crippen molar-refractivity contribution in [2.24, 2.45) is 5.41 Å². The molecule has 0 heterocycles. The summed E-state index contributed by atoms with van der Waals surface area (Å²) in [5.74, 6) is -0.626. The second-order valence-corrected chi connectivity index (χ2v) is 7.46. The number of halogens is 1. The first-order chi connectivity index (χ1) is 7.60. The van der Waals surface area contributed by atoms with E-state index in [2.05, 4.69) is 0 Å². The summed E-state index contributed by atoms with van der Waals surface area (Å²) in [5, 5.41) is 0. The van der Waals surface area contributed by atoms with Crippen molar-refractivity contribution in [2.45, 2.75) is 32.1 Å². The van der Waals surface area contributed by atoms with Gasteiger partial charge in [0.05, 0.1) is 10.6 Å². The first kappa shape index (κ1) is 14.0. The molecule has 5 heteroatoms. The molecule has 1 aromatic carbocycles. The fourth-order valence-electron chi connectivity index (χ4n) is 1.32. The Morgan fingerprint density at radius 1 is 1.24 bits per heavy atom. The molecule has 0 radical (unpaired) electrons. The van der Waals surface area contributed by atoms with E-state index in [1.165, 1.54) is 6.07 Å². The summed E-state index contributed by atoms with van der Waals surface area (Å²) in [7, 11) is -3.46. The molecular formula is C12H18FNO2S. The molecule has 96 valence electrons. The summed E-state index contributed by atoms with van der Waals surface area (Å²) in [6.07, 6.45) is 0.520. The van der Waals surface area contributed by atoms with Crippen LogP contribution < -0.4 is 5.73 Å². The highest BCUT2D eigenvalue weighted by atomic mass is 32.2. The Morgan fingerprint density at radius 3 is 2.29 bits per heavy atom. The number of nitrogen functional groups attached to an aromatic ring is 1. The predicted molar refractivity (Wildman–Crippen MR) is 66.9 cm³/mol. The van der Waals surface area contributed by atoms with Gasteiger partial charge in [0.15, 0.2) is 9.84 Å². The van der Waals surface area contributed by atoms with Crippen molar-refractivity contribution in [1.29, 1.82) is 0 Å². The second kappa shape index (κ2) is 4.64. The molecule has 0 fully saturated rings. The number of hydrogen-bond donors (Lipinski definition) is 1. The summed E-state index contributed by atoms with van der Waals surface area (Å²) in [5.41, 5.74) is 5.48. The lowest BCUT2D eigenvalue weighted by molar-refractivity contribution is 0.397. The van der Waals surface area contributed by atoms with Crippen LogP contribution >= 0.6 is 0 Å². The van der Waals surface area contributed by atoms with Gasteiger partial charge in [0, 0.05) is 5.69 Å². The van der Waals surface area contributed by atoms with Gasteiger partial charge < -0.3 is 5.73 Å². The summed E-state index contributed by atoms with van der Waals surface area (Å²) in [6, 6.07) is 3.40. The van der Waals surface area contributed by atoms with Crippen LogP contribution in [-0.4, -0.2) is 14.2 Å². The SMILES string of the molecule is CC(C)(C)CCS(=O)(=O)c1cc(N)cc(F)c1. The van der Waals surface area contributed by atoms with Gasteiger partial charge in [-0.2, -0.15) is 0 Å². The van der Waals surface area contributed by atoms with Crippen LogP contribution in [0.1, 0.15) is 27.2 Å². The van der Waals surface area contributed by atoms with Crippen molar-refractivity contribution in [1.82, 2.24) is 0 Å². The van der Waals surface area contributed by atoms with E-state index in [0.29, 0.717) is 6.42 Å². The Labute approximate surface area is 102 Å². The average molecular weight is 259 g/mol. The van der Waals surface area contributed by atoms with Crippen LogP contribution in [0.4, 0.5) is 10.1 Å². The molecule has 0 bridgehead atoms. The third kappa shape index (κ3) is 4.34. The van der Waals surface area contributed by atoms with Crippen LogP contribution in [0.5, 0.6) is 0 Å². The fraction of sp³-hybridized carbons (Fsp3) is 0.500. The number of sulfone groups is 1. The van der Waals surface area contributed by atoms with Crippen molar-refractivity contribution >= 4 is 15.5 Å².